The van der Waals surface area contributed by atoms with Crippen LogP contribution in [0.25, 0.3) is 11.4 Å². The normalized spacial score (nSPS) is 22.7. The van der Waals surface area contributed by atoms with E-state index in [1.54, 1.807) is 0 Å². The van der Waals surface area contributed by atoms with Crippen LogP contribution in [0, 0.1) is 0 Å². The number of likely N-dealkylation sites (tertiary alicyclic amines) is 1. The summed E-state index contributed by atoms with van der Waals surface area (Å²) in [5.41, 5.74) is 0.977. The van der Waals surface area contributed by atoms with E-state index in [-0.39, 0.29) is 0 Å². The zero-order chi connectivity index (χ0) is 16.4. The van der Waals surface area contributed by atoms with Gasteiger partial charge in [0.25, 0.3) is 0 Å². The number of nitrogens with zero attached hydrogens (tertiary/aromatic N) is 6. The van der Waals surface area contributed by atoms with Gasteiger partial charge in [-0.1, -0.05) is 0 Å². The fourth-order valence-corrected chi connectivity index (χ4v) is 3.56. The van der Waals surface area contributed by atoms with Gasteiger partial charge in [-0.15, -0.1) is 0 Å². The first-order valence-corrected chi connectivity index (χ1v) is 8.68. The van der Waals surface area contributed by atoms with Crippen LogP contribution in [0.2, 0.25) is 0 Å². The fourth-order valence-electron chi connectivity index (χ4n) is 3.56. The number of aromatic nitrogens is 4. The van der Waals surface area contributed by atoms with E-state index in [0.717, 1.165) is 50.2 Å². The molecule has 0 bridgehead atoms. The average molecular weight is 328 g/mol. The van der Waals surface area contributed by atoms with Crippen molar-refractivity contribution in [2.45, 2.75) is 18.9 Å². The van der Waals surface area contributed by atoms with Gasteiger partial charge in [-0.25, -0.2) is 15.0 Å². The summed E-state index contributed by atoms with van der Waals surface area (Å²) in [5.74, 6) is 1.74. The van der Waals surface area contributed by atoms with Gasteiger partial charge in [-0.05, 0) is 26.4 Å². The number of imidazole rings is 1. The second kappa shape index (κ2) is 6.86. The lowest BCUT2D eigenvalue weighted by atomic mass is 10.1. The Kier molecular flexibility index (Phi) is 4.44. The van der Waals surface area contributed by atoms with E-state index in [4.69, 9.17) is 4.74 Å². The van der Waals surface area contributed by atoms with Gasteiger partial charge in [0.1, 0.15) is 5.82 Å². The molecule has 1 unspecified atom stereocenters. The van der Waals surface area contributed by atoms with Gasteiger partial charge < -0.3 is 19.1 Å². The van der Waals surface area contributed by atoms with Gasteiger partial charge in [-0.2, -0.15) is 0 Å². The third-order valence-corrected chi connectivity index (χ3v) is 4.85. The van der Waals surface area contributed by atoms with Gasteiger partial charge in [0, 0.05) is 50.5 Å². The molecule has 2 aliphatic heterocycles. The third-order valence-electron chi connectivity index (χ3n) is 4.85. The molecule has 7 heteroatoms. The lowest BCUT2D eigenvalue weighted by molar-refractivity contribution is 0.122. The summed E-state index contributed by atoms with van der Waals surface area (Å²) >= 11 is 0. The predicted molar refractivity (Wildman–Crippen MR) is 92.1 cm³/mol. The summed E-state index contributed by atoms with van der Waals surface area (Å²) in [4.78, 5) is 18.2. The summed E-state index contributed by atoms with van der Waals surface area (Å²) in [6.45, 7) is 5.42. The van der Waals surface area contributed by atoms with Crippen molar-refractivity contribution in [1.29, 1.82) is 0 Å². The molecule has 0 amide bonds. The lowest BCUT2D eigenvalue weighted by Crippen LogP contribution is -2.37. The van der Waals surface area contributed by atoms with Crippen LogP contribution in [0.15, 0.2) is 24.8 Å². The molecule has 2 aromatic heterocycles. The molecule has 4 heterocycles. The summed E-state index contributed by atoms with van der Waals surface area (Å²) in [6.07, 6.45) is 10.2. The molecule has 0 aliphatic carbocycles. The summed E-state index contributed by atoms with van der Waals surface area (Å²) in [7, 11) is 2.18. The number of anilines is 1. The number of piperidine rings is 1. The SMILES string of the molecule is CN1CCCC(n2ccnc2-c2cnc(N3CCOCC3)nc2)C1. The van der Waals surface area contributed by atoms with Crippen molar-refractivity contribution in [1.82, 2.24) is 24.4 Å². The van der Waals surface area contributed by atoms with Crippen molar-refractivity contribution >= 4 is 5.95 Å². The van der Waals surface area contributed by atoms with Gasteiger partial charge in [0.15, 0.2) is 0 Å². The zero-order valence-electron chi connectivity index (χ0n) is 14.1. The van der Waals surface area contributed by atoms with Gasteiger partial charge in [0.05, 0.1) is 18.8 Å². The largest absolute Gasteiger partial charge is 0.378 e. The van der Waals surface area contributed by atoms with E-state index in [0.29, 0.717) is 6.04 Å². The molecule has 0 radical (unpaired) electrons. The second-order valence-electron chi connectivity index (χ2n) is 6.59. The average Bonchev–Trinajstić information content (AvgIpc) is 3.12. The van der Waals surface area contributed by atoms with Gasteiger partial charge in [0.2, 0.25) is 5.95 Å². The Morgan fingerprint density at radius 1 is 1.08 bits per heavy atom. The van der Waals surface area contributed by atoms with E-state index in [1.807, 2.05) is 18.6 Å². The van der Waals surface area contributed by atoms with Crippen molar-refractivity contribution in [2.24, 2.45) is 0 Å². The molecule has 0 N–H and O–H groups in total. The van der Waals surface area contributed by atoms with Crippen LogP contribution in [0.3, 0.4) is 0 Å². The predicted octanol–water partition coefficient (Wildman–Crippen LogP) is 1.44. The minimum atomic E-state index is 0.472. The van der Waals surface area contributed by atoms with Crippen molar-refractivity contribution < 1.29 is 4.74 Å². The molecule has 2 aromatic rings. The molecule has 2 saturated heterocycles. The standard InChI is InChI=1S/C17H24N6O/c1-21-5-2-3-15(13-21)23-6-4-18-16(23)14-11-19-17(20-12-14)22-7-9-24-10-8-22/h4,6,11-12,15H,2-3,5,7-10,13H2,1H3. The Balaban J connectivity index is 1.55. The fraction of sp³-hybridized carbons (Fsp3) is 0.588. The maximum Gasteiger partial charge on any atom is 0.225 e. The maximum absolute atomic E-state index is 5.38. The van der Waals surface area contributed by atoms with Crippen molar-refractivity contribution in [3.05, 3.63) is 24.8 Å². The first kappa shape index (κ1) is 15.5. The van der Waals surface area contributed by atoms with Crippen molar-refractivity contribution in [2.75, 3.05) is 51.3 Å². The molecule has 1 atom stereocenters. The van der Waals surface area contributed by atoms with E-state index < -0.39 is 0 Å². The molecule has 0 saturated carbocycles. The third kappa shape index (κ3) is 3.14. The van der Waals surface area contributed by atoms with Crippen LogP contribution in [-0.4, -0.2) is 70.9 Å². The quantitative estimate of drug-likeness (QED) is 0.850. The molecule has 7 nitrogen and oxygen atoms in total. The van der Waals surface area contributed by atoms with E-state index in [1.165, 1.54) is 19.4 Å². The van der Waals surface area contributed by atoms with Gasteiger partial charge in [-0.3, -0.25) is 0 Å². The Labute approximate surface area is 142 Å². The molecule has 2 aliphatic rings. The number of hydrogen-bond acceptors (Lipinski definition) is 6. The molecule has 128 valence electrons. The monoisotopic (exact) mass is 328 g/mol. The highest BCUT2D eigenvalue weighted by Crippen LogP contribution is 2.26. The number of ether oxygens (including phenoxy) is 1. The van der Waals surface area contributed by atoms with E-state index in [9.17, 15) is 0 Å². The number of rotatable bonds is 3. The number of hydrogen-bond donors (Lipinski definition) is 0. The summed E-state index contributed by atoms with van der Waals surface area (Å²) in [5, 5.41) is 0. The molecule has 0 spiro atoms. The smallest absolute Gasteiger partial charge is 0.225 e. The van der Waals surface area contributed by atoms with Crippen LogP contribution in [0.5, 0.6) is 0 Å². The molecule has 24 heavy (non-hydrogen) atoms. The number of likely N-dealkylation sites (N-methyl/N-ethyl adjacent to an activating group) is 1. The van der Waals surface area contributed by atoms with Crippen LogP contribution in [0.4, 0.5) is 5.95 Å². The number of morpholine rings is 1. The van der Waals surface area contributed by atoms with Crippen molar-refractivity contribution in [3.63, 3.8) is 0 Å². The highest BCUT2D eigenvalue weighted by Gasteiger charge is 2.22. The first-order valence-electron chi connectivity index (χ1n) is 8.68. The lowest BCUT2D eigenvalue weighted by Gasteiger charge is -2.31. The maximum atomic E-state index is 5.38. The molecular formula is C17H24N6O. The molecule has 4 rings (SSSR count). The highest BCUT2D eigenvalue weighted by atomic mass is 16.5. The zero-order valence-corrected chi connectivity index (χ0v) is 14.1. The minimum absolute atomic E-state index is 0.472. The molecular weight excluding hydrogens is 304 g/mol. The van der Waals surface area contributed by atoms with Gasteiger partial charge >= 0.3 is 0 Å². The first-order chi connectivity index (χ1) is 11.8. The Hall–Kier alpha value is -1.99. The summed E-state index contributed by atoms with van der Waals surface area (Å²) in [6, 6.07) is 0.472. The molecule has 0 aromatic carbocycles. The van der Waals surface area contributed by atoms with Crippen LogP contribution in [-0.2, 0) is 4.74 Å². The van der Waals surface area contributed by atoms with Crippen LogP contribution in [0.1, 0.15) is 18.9 Å². The van der Waals surface area contributed by atoms with E-state index in [2.05, 4.69) is 42.6 Å². The van der Waals surface area contributed by atoms with Crippen LogP contribution >= 0.6 is 0 Å². The van der Waals surface area contributed by atoms with Crippen molar-refractivity contribution in [3.8, 4) is 11.4 Å². The Morgan fingerprint density at radius 2 is 1.88 bits per heavy atom. The topological polar surface area (TPSA) is 59.3 Å². The Morgan fingerprint density at radius 3 is 2.62 bits per heavy atom. The Bertz CT molecular complexity index is 664. The van der Waals surface area contributed by atoms with Crippen LogP contribution < -0.4 is 4.90 Å². The minimum Gasteiger partial charge on any atom is -0.378 e. The second-order valence-corrected chi connectivity index (χ2v) is 6.59. The molecule has 2 fully saturated rings. The van der Waals surface area contributed by atoms with E-state index >= 15 is 0 Å². The highest BCUT2D eigenvalue weighted by molar-refractivity contribution is 5.54. The summed E-state index contributed by atoms with van der Waals surface area (Å²) < 4.78 is 7.66.